The van der Waals surface area contributed by atoms with Gasteiger partial charge < -0.3 is 9.47 Å². The van der Waals surface area contributed by atoms with E-state index >= 15 is 0 Å². The first-order chi connectivity index (χ1) is 11.9. The molecule has 136 valence electrons. The first-order valence-corrected chi connectivity index (χ1v) is 9.79. The molecule has 1 fully saturated rings. The molecule has 0 amide bonds. The van der Waals surface area contributed by atoms with Crippen molar-refractivity contribution in [1.82, 2.24) is 4.57 Å². The number of halogens is 1. The Bertz CT molecular complexity index is 754. The summed E-state index contributed by atoms with van der Waals surface area (Å²) >= 11 is 3.65. The van der Waals surface area contributed by atoms with Crippen LogP contribution in [0, 0.1) is 0 Å². The van der Waals surface area contributed by atoms with Crippen molar-refractivity contribution in [2.75, 3.05) is 6.61 Å². The number of carbonyl (C=O) groups is 1. The summed E-state index contributed by atoms with van der Waals surface area (Å²) in [7, 11) is 0. The molecule has 2 heterocycles. The molecule has 0 bridgehead atoms. The largest absolute Gasteiger partial charge is 0.443 e. The van der Waals surface area contributed by atoms with Crippen LogP contribution >= 0.6 is 15.9 Å². The van der Waals surface area contributed by atoms with Gasteiger partial charge in [-0.25, -0.2) is 9.36 Å². The lowest BCUT2D eigenvalue weighted by molar-refractivity contribution is 0.0115. The first-order valence-electron chi connectivity index (χ1n) is 8.99. The summed E-state index contributed by atoms with van der Waals surface area (Å²) in [5.74, 6) is 0. The molecule has 1 saturated heterocycles. The smallest absolute Gasteiger partial charge is 0.419 e. The van der Waals surface area contributed by atoms with Crippen LogP contribution in [0.15, 0.2) is 28.9 Å². The molecule has 1 aromatic carbocycles. The predicted molar refractivity (Wildman–Crippen MR) is 103 cm³/mol. The molecule has 5 heteroatoms. The molecule has 1 unspecified atom stereocenters. The third kappa shape index (κ3) is 4.26. The third-order valence-corrected chi connectivity index (χ3v) is 5.32. The van der Waals surface area contributed by atoms with Crippen molar-refractivity contribution in [2.45, 2.75) is 64.6 Å². The number of fused-ring (bicyclic) bond motifs is 1. The van der Waals surface area contributed by atoms with Crippen molar-refractivity contribution in [3.63, 3.8) is 0 Å². The van der Waals surface area contributed by atoms with E-state index < -0.39 is 5.60 Å². The second-order valence-corrected chi connectivity index (χ2v) is 8.38. The Balaban J connectivity index is 1.90. The molecule has 4 nitrogen and oxygen atoms in total. The number of rotatable bonds is 3. The quantitative estimate of drug-likeness (QED) is 0.655. The summed E-state index contributed by atoms with van der Waals surface area (Å²) in [4.78, 5) is 12.7. The van der Waals surface area contributed by atoms with Gasteiger partial charge in [0.05, 0.1) is 16.2 Å². The molecule has 0 N–H and O–H groups in total. The number of hydrogen-bond donors (Lipinski definition) is 0. The number of aromatic nitrogens is 1. The fraction of sp³-hybridized carbons (Fsp3) is 0.550. The number of carbonyl (C=O) groups excluding carboxylic acids is 1. The summed E-state index contributed by atoms with van der Waals surface area (Å²) in [6.45, 7) is 6.51. The zero-order valence-corrected chi connectivity index (χ0v) is 16.8. The highest BCUT2D eigenvalue weighted by Gasteiger charge is 2.25. The summed E-state index contributed by atoms with van der Waals surface area (Å²) < 4.78 is 13.9. The molecule has 1 aliphatic rings. The highest BCUT2D eigenvalue weighted by molar-refractivity contribution is 9.10. The van der Waals surface area contributed by atoms with Crippen LogP contribution in [0.2, 0.25) is 0 Å². The fourth-order valence-corrected chi connectivity index (χ4v) is 4.09. The van der Waals surface area contributed by atoms with Crippen molar-refractivity contribution in [3.8, 4) is 0 Å². The number of hydrogen-bond acceptors (Lipinski definition) is 3. The van der Waals surface area contributed by atoms with E-state index in [0.29, 0.717) is 6.10 Å². The standard InChI is InChI=1S/C20H26BrNO3/c1-20(2,3)25-19(23)22-17-10-5-4-9-15(17)16(18(22)21)12-11-14-8-6-7-13-24-14/h4-5,9-10,14H,6-8,11-13H2,1-3H3. The molecule has 1 aromatic heterocycles. The zero-order chi connectivity index (χ0) is 18.0. The van der Waals surface area contributed by atoms with Crippen LogP contribution in [0.25, 0.3) is 10.9 Å². The van der Waals surface area contributed by atoms with Crippen LogP contribution in [0.4, 0.5) is 4.79 Å². The number of nitrogens with zero attached hydrogens (tertiary/aromatic N) is 1. The SMILES string of the molecule is CC(C)(C)OC(=O)n1c(Br)c(CCC2CCCCO2)c2ccccc21. The maximum atomic E-state index is 12.7. The molecule has 0 radical (unpaired) electrons. The molecule has 0 spiro atoms. The zero-order valence-electron chi connectivity index (χ0n) is 15.2. The molecule has 3 rings (SSSR count). The lowest BCUT2D eigenvalue weighted by Gasteiger charge is -2.22. The minimum atomic E-state index is -0.530. The molecule has 2 aromatic rings. The van der Waals surface area contributed by atoms with Crippen molar-refractivity contribution in [3.05, 3.63) is 34.4 Å². The van der Waals surface area contributed by atoms with E-state index in [1.165, 1.54) is 6.42 Å². The maximum absolute atomic E-state index is 12.7. The fourth-order valence-electron chi connectivity index (χ4n) is 3.34. The van der Waals surface area contributed by atoms with Crippen molar-refractivity contribution in [1.29, 1.82) is 0 Å². The van der Waals surface area contributed by atoms with E-state index in [9.17, 15) is 4.79 Å². The van der Waals surface area contributed by atoms with Gasteiger partial charge in [0.1, 0.15) is 5.60 Å². The third-order valence-electron chi connectivity index (χ3n) is 4.48. The Morgan fingerprint density at radius 3 is 2.76 bits per heavy atom. The summed E-state index contributed by atoms with van der Waals surface area (Å²) in [5, 5.41) is 1.09. The summed E-state index contributed by atoms with van der Waals surface area (Å²) in [6.07, 6.45) is 5.36. The van der Waals surface area contributed by atoms with Gasteiger partial charge in [0.15, 0.2) is 0 Å². The minimum Gasteiger partial charge on any atom is -0.443 e. The Labute approximate surface area is 157 Å². The molecule has 1 aliphatic heterocycles. The lowest BCUT2D eigenvalue weighted by atomic mass is 10.0. The molecule has 25 heavy (non-hydrogen) atoms. The number of ether oxygens (including phenoxy) is 2. The Morgan fingerprint density at radius 2 is 2.08 bits per heavy atom. The van der Waals surface area contributed by atoms with Gasteiger partial charge in [0.2, 0.25) is 0 Å². The van der Waals surface area contributed by atoms with Crippen LogP contribution in [0.3, 0.4) is 0 Å². The van der Waals surface area contributed by atoms with Gasteiger partial charge in [-0.1, -0.05) is 18.2 Å². The van der Waals surface area contributed by atoms with Crippen molar-refractivity contribution in [2.24, 2.45) is 0 Å². The monoisotopic (exact) mass is 407 g/mol. The normalized spacial score (nSPS) is 18.5. The second-order valence-electron chi connectivity index (χ2n) is 7.63. The van der Waals surface area contributed by atoms with E-state index in [4.69, 9.17) is 9.47 Å². The Kier molecular flexibility index (Phi) is 5.54. The van der Waals surface area contributed by atoms with E-state index in [1.807, 2.05) is 39.0 Å². The minimum absolute atomic E-state index is 0.323. The van der Waals surface area contributed by atoms with Crippen LogP contribution in [0.5, 0.6) is 0 Å². The second kappa shape index (κ2) is 7.50. The number of aryl methyl sites for hydroxylation is 1. The lowest BCUT2D eigenvalue weighted by Crippen LogP contribution is -2.27. The van der Waals surface area contributed by atoms with Crippen LogP contribution in [-0.4, -0.2) is 29.0 Å². The summed E-state index contributed by atoms with van der Waals surface area (Å²) in [6, 6.07) is 7.99. The Hall–Kier alpha value is -1.33. The molecular weight excluding hydrogens is 382 g/mol. The van der Waals surface area contributed by atoms with E-state index in [-0.39, 0.29) is 6.09 Å². The van der Waals surface area contributed by atoms with Gasteiger partial charge in [-0.2, -0.15) is 0 Å². The van der Waals surface area contributed by atoms with Gasteiger partial charge >= 0.3 is 6.09 Å². The average Bonchev–Trinajstić information content (AvgIpc) is 2.84. The predicted octanol–water partition coefficient (Wildman–Crippen LogP) is 5.69. The number of benzene rings is 1. The van der Waals surface area contributed by atoms with Gasteiger partial charge in [-0.3, -0.25) is 0 Å². The van der Waals surface area contributed by atoms with Gasteiger partial charge in [0.25, 0.3) is 0 Å². The van der Waals surface area contributed by atoms with E-state index in [1.54, 1.807) is 4.57 Å². The highest BCUT2D eigenvalue weighted by Crippen LogP contribution is 2.33. The van der Waals surface area contributed by atoms with Crippen LogP contribution in [-0.2, 0) is 15.9 Å². The average molecular weight is 408 g/mol. The highest BCUT2D eigenvalue weighted by atomic mass is 79.9. The van der Waals surface area contributed by atoms with Crippen LogP contribution in [0.1, 0.15) is 52.0 Å². The maximum Gasteiger partial charge on any atom is 0.419 e. The summed E-state index contributed by atoms with van der Waals surface area (Å²) in [5.41, 5.74) is 1.50. The molecule has 0 aliphatic carbocycles. The van der Waals surface area contributed by atoms with E-state index in [2.05, 4.69) is 22.0 Å². The van der Waals surface area contributed by atoms with Gasteiger partial charge in [-0.05, 0) is 80.4 Å². The van der Waals surface area contributed by atoms with Gasteiger partial charge in [0, 0.05) is 12.0 Å². The van der Waals surface area contributed by atoms with Crippen LogP contribution < -0.4 is 0 Å². The van der Waals surface area contributed by atoms with Gasteiger partial charge in [-0.15, -0.1) is 0 Å². The Morgan fingerprint density at radius 1 is 1.32 bits per heavy atom. The topological polar surface area (TPSA) is 40.5 Å². The van der Waals surface area contributed by atoms with E-state index in [0.717, 1.165) is 53.4 Å². The number of para-hydroxylation sites is 1. The molecule has 0 saturated carbocycles. The first kappa shape index (κ1) is 18.5. The molecule has 1 atom stereocenters. The molecular formula is C20H26BrNO3. The van der Waals surface area contributed by atoms with Crippen molar-refractivity contribution < 1.29 is 14.3 Å². The van der Waals surface area contributed by atoms with Crippen molar-refractivity contribution >= 4 is 32.9 Å².